The number of halogens is 1. The van der Waals surface area contributed by atoms with Crippen molar-refractivity contribution in [2.45, 2.75) is 31.6 Å². The van der Waals surface area contributed by atoms with E-state index in [2.05, 4.69) is 10.6 Å². The fraction of sp³-hybridized carbons (Fsp3) is 0.200. The molecule has 6 nitrogen and oxygen atoms in total. The van der Waals surface area contributed by atoms with E-state index >= 15 is 0 Å². The average Bonchev–Trinajstić information content (AvgIpc) is 3.37. The molecule has 0 fully saturated rings. The maximum atomic E-state index is 14.4. The van der Waals surface area contributed by atoms with E-state index in [-0.39, 0.29) is 24.2 Å². The molecule has 2 atom stereocenters. The summed E-state index contributed by atoms with van der Waals surface area (Å²) in [4.78, 5) is 27.4. The lowest BCUT2D eigenvalue weighted by Crippen LogP contribution is -2.37. The number of Topliss-reactive ketones (excluding diaryl/α,β-unsaturated/α-hetero) is 1. The van der Waals surface area contributed by atoms with Crippen LogP contribution in [0.15, 0.2) is 95.3 Å². The first-order valence-corrected chi connectivity index (χ1v) is 12.2. The third-order valence-electron chi connectivity index (χ3n) is 7.20. The molecule has 37 heavy (non-hydrogen) atoms. The van der Waals surface area contributed by atoms with Gasteiger partial charge in [0, 0.05) is 34.9 Å². The number of carbonyl (C=O) groups excluding carboxylic acids is 2. The van der Waals surface area contributed by atoms with Gasteiger partial charge in [0.05, 0.1) is 5.69 Å². The number of amides is 1. The number of allylic oxidation sites excluding steroid dienone is 3. The van der Waals surface area contributed by atoms with Gasteiger partial charge in [0.1, 0.15) is 5.82 Å². The predicted molar refractivity (Wildman–Crippen MR) is 137 cm³/mol. The van der Waals surface area contributed by atoms with Gasteiger partial charge in [0.2, 0.25) is 6.79 Å². The lowest BCUT2D eigenvalue weighted by atomic mass is 9.71. The number of carbonyl (C=O) groups is 2. The molecule has 0 unspecified atom stereocenters. The van der Waals surface area contributed by atoms with Crippen LogP contribution in [0.1, 0.15) is 42.7 Å². The first-order chi connectivity index (χ1) is 18.0. The number of hydrogen-bond donors (Lipinski definition) is 2. The van der Waals surface area contributed by atoms with Crippen LogP contribution in [0, 0.1) is 5.82 Å². The lowest BCUT2D eigenvalue weighted by molar-refractivity contribution is -0.116. The number of rotatable bonds is 4. The van der Waals surface area contributed by atoms with Crippen LogP contribution in [0.5, 0.6) is 11.5 Å². The van der Waals surface area contributed by atoms with Crippen LogP contribution < -0.4 is 20.1 Å². The Labute approximate surface area is 213 Å². The highest BCUT2D eigenvalue weighted by Gasteiger charge is 2.41. The molecule has 6 rings (SSSR count). The van der Waals surface area contributed by atoms with Gasteiger partial charge < -0.3 is 20.1 Å². The van der Waals surface area contributed by atoms with Crippen LogP contribution in [-0.4, -0.2) is 18.5 Å². The highest BCUT2D eigenvalue weighted by molar-refractivity contribution is 6.10. The molecule has 0 radical (unpaired) electrons. The van der Waals surface area contributed by atoms with Crippen LogP contribution in [0.25, 0.3) is 0 Å². The highest BCUT2D eigenvalue weighted by atomic mass is 19.1. The third kappa shape index (κ3) is 4.16. The summed E-state index contributed by atoms with van der Waals surface area (Å²) in [5.41, 5.74) is 4.29. The van der Waals surface area contributed by atoms with Crippen molar-refractivity contribution in [3.8, 4) is 11.5 Å². The first kappa shape index (κ1) is 23.0. The SMILES string of the molecule is CC1=C(C(=O)Nc2ccccc2F)[C@H](c2ccc3c(c2)OCO3)C2=C(C[C@H](c3ccccc3)CC2=O)N1. The number of hydrogen-bond acceptors (Lipinski definition) is 5. The van der Waals surface area contributed by atoms with E-state index in [0.717, 1.165) is 16.8 Å². The predicted octanol–water partition coefficient (Wildman–Crippen LogP) is 5.55. The quantitative estimate of drug-likeness (QED) is 0.495. The van der Waals surface area contributed by atoms with Gasteiger partial charge in [-0.05, 0) is 54.7 Å². The molecule has 7 heteroatoms. The van der Waals surface area contributed by atoms with E-state index in [9.17, 15) is 14.0 Å². The van der Waals surface area contributed by atoms with Crippen molar-refractivity contribution in [2.75, 3.05) is 12.1 Å². The molecule has 3 aromatic rings. The van der Waals surface area contributed by atoms with Crippen molar-refractivity contribution in [1.29, 1.82) is 0 Å². The summed E-state index contributed by atoms with van der Waals surface area (Å²) in [6.45, 7) is 1.93. The van der Waals surface area contributed by atoms with E-state index < -0.39 is 17.6 Å². The Hall–Kier alpha value is -4.39. The highest BCUT2D eigenvalue weighted by Crippen LogP contribution is 2.47. The largest absolute Gasteiger partial charge is 0.454 e. The van der Waals surface area contributed by atoms with E-state index in [4.69, 9.17) is 9.47 Å². The van der Waals surface area contributed by atoms with Gasteiger partial charge in [-0.15, -0.1) is 0 Å². The van der Waals surface area contributed by atoms with Gasteiger partial charge in [-0.2, -0.15) is 0 Å². The van der Waals surface area contributed by atoms with Crippen LogP contribution in [0.2, 0.25) is 0 Å². The standard InChI is InChI=1S/C30H25FN2O4/c1-17-27(30(35)33-22-10-6-5-9-21(22)31)28(19-11-12-25-26(15-19)37-16-36-25)29-23(32-17)13-20(14-24(29)34)18-7-3-2-4-8-18/h2-12,15,20,28,32H,13-14,16H2,1H3,(H,33,35)/t20-,28-/m0/s1. The van der Waals surface area contributed by atoms with Crippen molar-refractivity contribution < 1.29 is 23.5 Å². The topological polar surface area (TPSA) is 76.7 Å². The molecule has 1 aliphatic carbocycles. The van der Waals surface area contributed by atoms with Gasteiger partial charge in [0.15, 0.2) is 17.3 Å². The second kappa shape index (κ2) is 9.24. The molecular formula is C30H25FN2O4. The fourth-order valence-electron chi connectivity index (χ4n) is 5.48. The second-order valence-electron chi connectivity index (χ2n) is 9.47. The van der Waals surface area contributed by atoms with Crippen molar-refractivity contribution >= 4 is 17.4 Å². The molecule has 1 amide bonds. The summed E-state index contributed by atoms with van der Waals surface area (Å²) in [5.74, 6) is -0.437. The summed E-state index contributed by atoms with van der Waals surface area (Å²) in [5, 5.41) is 6.07. The van der Waals surface area contributed by atoms with Crippen molar-refractivity contribution in [3.63, 3.8) is 0 Å². The Kier molecular flexibility index (Phi) is 5.75. The number of nitrogens with one attached hydrogen (secondary N) is 2. The minimum atomic E-state index is -0.637. The Bertz CT molecular complexity index is 1480. The lowest BCUT2D eigenvalue weighted by Gasteiger charge is -2.37. The normalized spacial score (nSPS) is 20.4. The van der Waals surface area contributed by atoms with Crippen molar-refractivity contribution in [1.82, 2.24) is 5.32 Å². The minimum absolute atomic E-state index is 0.0195. The first-order valence-electron chi connectivity index (χ1n) is 12.2. The summed E-state index contributed by atoms with van der Waals surface area (Å²) >= 11 is 0. The zero-order valence-electron chi connectivity index (χ0n) is 20.2. The number of ketones is 1. The van der Waals surface area contributed by atoms with E-state index in [1.54, 1.807) is 18.2 Å². The van der Waals surface area contributed by atoms with Gasteiger partial charge in [-0.25, -0.2) is 4.39 Å². The average molecular weight is 497 g/mol. The Morgan fingerprint density at radius 1 is 0.946 bits per heavy atom. The summed E-state index contributed by atoms with van der Waals surface area (Å²) in [6, 6.07) is 21.5. The van der Waals surface area contributed by atoms with Crippen molar-refractivity contribution in [3.05, 3.63) is 112 Å². The maximum Gasteiger partial charge on any atom is 0.254 e. The third-order valence-corrected chi connectivity index (χ3v) is 7.20. The summed E-state index contributed by atoms with van der Waals surface area (Å²) < 4.78 is 25.4. The molecule has 0 bridgehead atoms. The zero-order chi connectivity index (χ0) is 25.5. The number of ether oxygens (including phenoxy) is 2. The molecule has 0 aromatic heterocycles. The van der Waals surface area contributed by atoms with Gasteiger partial charge in [-0.1, -0.05) is 48.5 Å². The zero-order valence-corrected chi connectivity index (χ0v) is 20.2. The summed E-state index contributed by atoms with van der Waals surface area (Å²) in [6.07, 6.45) is 0.985. The molecule has 2 N–H and O–H groups in total. The van der Waals surface area contributed by atoms with Crippen LogP contribution in [0.4, 0.5) is 10.1 Å². The van der Waals surface area contributed by atoms with Gasteiger partial charge >= 0.3 is 0 Å². The fourth-order valence-corrected chi connectivity index (χ4v) is 5.48. The smallest absolute Gasteiger partial charge is 0.254 e. The number of fused-ring (bicyclic) bond motifs is 1. The van der Waals surface area contributed by atoms with Gasteiger partial charge in [-0.3, -0.25) is 9.59 Å². The van der Waals surface area contributed by atoms with Crippen LogP contribution in [-0.2, 0) is 9.59 Å². The van der Waals surface area contributed by atoms with Crippen LogP contribution in [0.3, 0.4) is 0 Å². The number of benzene rings is 3. The van der Waals surface area contributed by atoms with E-state index in [1.807, 2.05) is 49.4 Å². The Morgan fingerprint density at radius 3 is 2.51 bits per heavy atom. The molecule has 3 aromatic carbocycles. The monoisotopic (exact) mass is 496 g/mol. The number of anilines is 1. The second-order valence-corrected chi connectivity index (χ2v) is 9.47. The summed E-state index contributed by atoms with van der Waals surface area (Å²) in [7, 11) is 0. The molecule has 0 saturated heterocycles. The van der Waals surface area contributed by atoms with E-state index in [1.165, 1.54) is 12.1 Å². The molecule has 3 aliphatic rings. The van der Waals surface area contributed by atoms with Crippen molar-refractivity contribution in [2.24, 2.45) is 0 Å². The molecule has 2 heterocycles. The maximum absolute atomic E-state index is 14.4. The van der Waals surface area contributed by atoms with Crippen LogP contribution >= 0.6 is 0 Å². The number of dihydropyridines is 1. The van der Waals surface area contributed by atoms with Gasteiger partial charge in [0.25, 0.3) is 5.91 Å². The molecule has 2 aliphatic heterocycles. The molecule has 186 valence electrons. The Morgan fingerprint density at radius 2 is 1.70 bits per heavy atom. The Balaban J connectivity index is 1.43. The number of para-hydroxylation sites is 1. The van der Waals surface area contributed by atoms with E-state index in [0.29, 0.717) is 41.2 Å². The minimum Gasteiger partial charge on any atom is -0.454 e. The molecular weight excluding hydrogens is 471 g/mol. The molecule has 0 spiro atoms. The molecule has 0 saturated carbocycles.